The van der Waals surface area contributed by atoms with Crippen LogP contribution < -0.4 is 10.1 Å². The third-order valence-electron chi connectivity index (χ3n) is 4.39. The van der Waals surface area contributed by atoms with Crippen molar-refractivity contribution in [3.05, 3.63) is 58.6 Å². The smallest absolute Gasteiger partial charge is 0.339 e. The molecule has 6 heteroatoms. The maximum atomic E-state index is 12.6. The van der Waals surface area contributed by atoms with E-state index in [1.165, 1.54) is 17.7 Å². The summed E-state index contributed by atoms with van der Waals surface area (Å²) >= 11 is 6.15. The van der Waals surface area contributed by atoms with E-state index in [9.17, 15) is 9.59 Å². The molecule has 29 heavy (non-hydrogen) atoms. The van der Waals surface area contributed by atoms with Gasteiger partial charge in [-0.2, -0.15) is 0 Å². The Morgan fingerprint density at radius 2 is 1.72 bits per heavy atom. The lowest BCUT2D eigenvalue weighted by Crippen LogP contribution is -2.32. The van der Waals surface area contributed by atoms with Crippen molar-refractivity contribution in [2.75, 3.05) is 11.9 Å². The Labute approximate surface area is 177 Å². The van der Waals surface area contributed by atoms with E-state index in [0.717, 1.165) is 0 Å². The van der Waals surface area contributed by atoms with Crippen LogP contribution in [0.5, 0.6) is 5.75 Å². The van der Waals surface area contributed by atoms with E-state index in [-0.39, 0.29) is 28.5 Å². The van der Waals surface area contributed by atoms with Crippen molar-refractivity contribution in [3.8, 4) is 5.75 Å². The molecule has 0 radical (unpaired) electrons. The van der Waals surface area contributed by atoms with Gasteiger partial charge < -0.3 is 14.8 Å². The predicted octanol–water partition coefficient (Wildman–Crippen LogP) is 5.61. The lowest BCUT2D eigenvalue weighted by atomic mass is 9.87. The summed E-state index contributed by atoms with van der Waals surface area (Å²) in [6.07, 6.45) is -0.152. The first-order valence-electron chi connectivity index (χ1n) is 9.70. The molecule has 0 aliphatic heterocycles. The highest BCUT2D eigenvalue weighted by molar-refractivity contribution is 6.34. The normalized spacial score (nSPS) is 12.2. The molecular weight excluding hydrogens is 390 g/mol. The molecule has 0 bridgehead atoms. The molecule has 0 spiro atoms. The van der Waals surface area contributed by atoms with Gasteiger partial charge in [-0.25, -0.2) is 4.79 Å². The summed E-state index contributed by atoms with van der Waals surface area (Å²) in [5, 5.41) is 3.00. The molecule has 5 nitrogen and oxygen atoms in total. The minimum Gasteiger partial charge on any atom is -0.481 e. The average molecular weight is 418 g/mol. The topological polar surface area (TPSA) is 64.6 Å². The molecule has 1 amide bonds. The Morgan fingerprint density at radius 3 is 2.24 bits per heavy atom. The van der Waals surface area contributed by atoms with Gasteiger partial charge >= 0.3 is 5.97 Å². The lowest BCUT2D eigenvalue weighted by Gasteiger charge is -2.21. The quantitative estimate of drug-likeness (QED) is 0.594. The first kappa shape index (κ1) is 22.8. The van der Waals surface area contributed by atoms with Gasteiger partial charge in [0.15, 0.2) is 6.10 Å². The summed E-state index contributed by atoms with van der Waals surface area (Å²) in [7, 11) is 0. The van der Waals surface area contributed by atoms with Gasteiger partial charge in [0.05, 0.1) is 17.2 Å². The number of carbonyl (C=O) groups is 2. The number of carbonyl (C=O) groups excluding carboxylic acids is 2. The first-order chi connectivity index (χ1) is 13.7. The highest BCUT2D eigenvalue weighted by Gasteiger charge is 2.20. The molecule has 0 saturated heterocycles. The third kappa shape index (κ3) is 6.23. The average Bonchev–Trinajstić information content (AvgIpc) is 2.66. The molecule has 156 valence electrons. The van der Waals surface area contributed by atoms with Crippen LogP contribution in [-0.4, -0.2) is 24.6 Å². The van der Waals surface area contributed by atoms with Gasteiger partial charge in [-0.05, 0) is 54.7 Å². The van der Waals surface area contributed by atoms with E-state index in [4.69, 9.17) is 21.1 Å². The number of rotatable bonds is 7. The second-order valence-corrected chi connectivity index (χ2v) is 8.10. The van der Waals surface area contributed by atoms with Gasteiger partial charge in [-0.15, -0.1) is 0 Å². The molecule has 1 atom stereocenters. The zero-order chi connectivity index (χ0) is 21.6. The molecule has 0 aliphatic carbocycles. The second-order valence-electron chi connectivity index (χ2n) is 7.69. The van der Waals surface area contributed by atoms with Crippen LogP contribution in [0.3, 0.4) is 0 Å². The summed E-state index contributed by atoms with van der Waals surface area (Å²) in [6, 6.07) is 12.4. The molecule has 0 saturated carbocycles. The van der Waals surface area contributed by atoms with Crippen molar-refractivity contribution < 1.29 is 19.1 Å². The van der Waals surface area contributed by atoms with Crippen LogP contribution in [-0.2, 0) is 14.9 Å². The summed E-state index contributed by atoms with van der Waals surface area (Å²) < 4.78 is 10.8. The number of nitrogens with one attached hydrogen (secondary N) is 1. The van der Waals surface area contributed by atoms with E-state index in [1.54, 1.807) is 13.0 Å². The van der Waals surface area contributed by atoms with Crippen LogP contribution >= 0.6 is 11.6 Å². The summed E-state index contributed by atoms with van der Waals surface area (Å²) in [5.41, 5.74) is 1.99. The largest absolute Gasteiger partial charge is 0.481 e. The van der Waals surface area contributed by atoms with Gasteiger partial charge in [0.1, 0.15) is 5.75 Å². The number of halogens is 1. The van der Waals surface area contributed by atoms with E-state index < -0.39 is 12.1 Å². The molecule has 0 heterocycles. The molecule has 2 aromatic carbocycles. The number of anilines is 1. The fourth-order valence-corrected chi connectivity index (χ4v) is 2.97. The molecule has 1 N–H and O–H groups in total. The Bertz CT molecular complexity index is 856. The van der Waals surface area contributed by atoms with Crippen LogP contribution in [0.2, 0.25) is 5.02 Å². The lowest BCUT2D eigenvalue weighted by molar-refractivity contribution is -0.122. The van der Waals surface area contributed by atoms with Gasteiger partial charge in [-0.3, -0.25) is 4.79 Å². The van der Waals surface area contributed by atoms with E-state index in [2.05, 4.69) is 26.1 Å². The zero-order valence-electron chi connectivity index (χ0n) is 17.5. The SMILES string of the molecule is CCOC(=O)c1ccc(NC(=O)C(CC)Oc2ccc(C(C)(C)C)cc2)cc1Cl. The van der Waals surface area contributed by atoms with Crippen LogP contribution in [0.1, 0.15) is 57.0 Å². The number of benzene rings is 2. The van der Waals surface area contributed by atoms with Crippen molar-refractivity contribution in [1.29, 1.82) is 0 Å². The molecule has 0 fully saturated rings. The number of ether oxygens (including phenoxy) is 2. The monoisotopic (exact) mass is 417 g/mol. The van der Waals surface area contributed by atoms with Crippen molar-refractivity contribution in [2.24, 2.45) is 0 Å². The summed E-state index contributed by atoms with van der Waals surface area (Å²) in [5.74, 6) is -0.146. The van der Waals surface area contributed by atoms with Gasteiger partial charge in [0, 0.05) is 5.69 Å². The van der Waals surface area contributed by atoms with Crippen LogP contribution in [0.25, 0.3) is 0 Å². The van der Waals surface area contributed by atoms with Gasteiger partial charge in [0.2, 0.25) is 0 Å². The number of hydrogen-bond acceptors (Lipinski definition) is 4. The minimum absolute atomic E-state index is 0.0506. The van der Waals surface area contributed by atoms with Crippen molar-refractivity contribution in [1.82, 2.24) is 0 Å². The highest BCUT2D eigenvalue weighted by Crippen LogP contribution is 2.26. The molecule has 0 aliphatic rings. The molecular formula is C23H28ClNO4. The number of esters is 1. The van der Waals surface area contributed by atoms with Crippen molar-refractivity contribution in [2.45, 2.75) is 52.6 Å². The zero-order valence-corrected chi connectivity index (χ0v) is 18.3. The Morgan fingerprint density at radius 1 is 1.07 bits per heavy atom. The van der Waals surface area contributed by atoms with E-state index in [0.29, 0.717) is 17.9 Å². The van der Waals surface area contributed by atoms with Crippen LogP contribution in [0, 0.1) is 0 Å². The fourth-order valence-electron chi connectivity index (χ4n) is 2.71. The number of hydrogen-bond donors (Lipinski definition) is 1. The second kappa shape index (κ2) is 9.79. The van der Waals surface area contributed by atoms with Crippen molar-refractivity contribution in [3.63, 3.8) is 0 Å². The molecule has 2 aromatic rings. The minimum atomic E-state index is -0.654. The Balaban J connectivity index is 2.06. The van der Waals surface area contributed by atoms with Crippen LogP contribution in [0.4, 0.5) is 5.69 Å². The first-order valence-corrected chi connectivity index (χ1v) is 10.1. The fraction of sp³-hybridized carbons (Fsp3) is 0.391. The highest BCUT2D eigenvalue weighted by atomic mass is 35.5. The molecule has 1 unspecified atom stereocenters. The Kier molecular flexibility index (Phi) is 7.68. The third-order valence-corrected chi connectivity index (χ3v) is 4.71. The maximum Gasteiger partial charge on any atom is 0.339 e. The molecule has 0 aromatic heterocycles. The summed E-state index contributed by atoms with van der Waals surface area (Å²) in [4.78, 5) is 24.5. The van der Waals surface area contributed by atoms with E-state index >= 15 is 0 Å². The Hall–Kier alpha value is -2.53. The summed E-state index contributed by atoms with van der Waals surface area (Å²) in [6.45, 7) is 10.3. The van der Waals surface area contributed by atoms with E-state index in [1.807, 2.05) is 31.2 Å². The standard InChI is InChI=1S/C23H28ClNO4/c1-6-20(29-17-11-8-15(9-12-17)23(3,4)5)21(26)25-16-10-13-18(19(24)14-16)22(27)28-7-2/h8-14,20H,6-7H2,1-5H3,(H,25,26). The number of amides is 1. The van der Waals surface area contributed by atoms with Gasteiger partial charge in [-0.1, -0.05) is 51.4 Å². The van der Waals surface area contributed by atoms with Gasteiger partial charge in [0.25, 0.3) is 5.91 Å². The maximum absolute atomic E-state index is 12.6. The van der Waals surface area contributed by atoms with Crippen LogP contribution in [0.15, 0.2) is 42.5 Å². The molecule has 2 rings (SSSR count). The predicted molar refractivity (Wildman–Crippen MR) is 116 cm³/mol. The van der Waals surface area contributed by atoms with Crippen molar-refractivity contribution >= 4 is 29.2 Å².